The predicted molar refractivity (Wildman–Crippen MR) is 56.6 cm³/mol. The van der Waals surface area contributed by atoms with Crippen molar-refractivity contribution in [2.45, 2.75) is 5.72 Å². The normalized spacial score (nSPS) is 26.2. The summed E-state index contributed by atoms with van der Waals surface area (Å²) < 4.78 is 0. The molecule has 0 unspecified atom stereocenters. The number of nitrogens with one attached hydrogen (secondary N) is 2. The molecular formula is C11H14N2O2. The Morgan fingerprint density at radius 1 is 1.33 bits per heavy atom. The van der Waals surface area contributed by atoms with Crippen LogP contribution in [0.5, 0.6) is 0 Å². The molecule has 1 atom stereocenters. The van der Waals surface area contributed by atoms with Gasteiger partial charge in [-0.3, -0.25) is 10.1 Å². The van der Waals surface area contributed by atoms with E-state index in [0.717, 1.165) is 12.8 Å². The lowest BCUT2D eigenvalue weighted by Gasteiger charge is -2.35. The van der Waals surface area contributed by atoms with Crippen molar-refractivity contribution in [3.05, 3.63) is 35.4 Å². The molecule has 1 heterocycles. The molecular weight excluding hydrogens is 192 g/mol. The molecule has 1 aromatic rings. The summed E-state index contributed by atoms with van der Waals surface area (Å²) in [5.41, 5.74) is 0.0267. The van der Waals surface area contributed by atoms with E-state index in [0.29, 0.717) is 24.2 Å². The van der Waals surface area contributed by atoms with Crippen LogP contribution in [0.2, 0.25) is 0 Å². The lowest BCUT2D eigenvalue weighted by atomic mass is 9.96. The number of benzene rings is 1. The Bertz CT molecular complexity index is 359. The SMILES string of the molecule is O=Cc1ccccc1[C@]1(O)CNCCN1. The van der Waals surface area contributed by atoms with Gasteiger partial charge in [-0.15, -0.1) is 0 Å². The number of carbonyl (C=O) groups excluding carboxylic acids is 1. The molecule has 15 heavy (non-hydrogen) atoms. The number of carbonyl (C=O) groups is 1. The van der Waals surface area contributed by atoms with Crippen LogP contribution >= 0.6 is 0 Å². The van der Waals surface area contributed by atoms with E-state index in [1.807, 2.05) is 6.07 Å². The average Bonchev–Trinajstić information content (AvgIpc) is 2.30. The first-order chi connectivity index (χ1) is 7.26. The van der Waals surface area contributed by atoms with E-state index < -0.39 is 5.72 Å². The zero-order valence-electron chi connectivity index (χ0n) is 8.36. The molecule has 3 N–H and O–H groups in total. The van der Waals surface area contributed by atoms with Crippen LogP contribution in [0.1, 0.15) is 15.9 Å². The molecule has 1 fully saturated rings. The van der Waals surface area contributed by atoms with E-state index in [-0.39, 0.29) is 0 Å². The zero-order valence-corrected chi connectivity index (χ0v) is 8.36. The average molecular weight is 206 g/mol. The third-order valence-electron chi connectivity index (χ3n) is 2.63. The Kier molecular flexibility index (Phi) is 2.81. The van der Waals surface area contributed by atoms with Crippen LogP contribution in [0.3, 0.4) is 0 Å². The van der Waals surface area contributed by atoms with E-state index in [4.69, 9.17) is 0 Å². The molecule has 80 valence electrons. The van der Waals surface area contributed by atoms with Gasteiger partial charge < -0.3 is 10.4 Å². The number of rotatable bonds is 2. The number of β-amino-alcohol motifs (C(OH)–C–C–N with tert-alkyl or cyclic N) is 1. The van der Waals surface area contributed by atoms with E-state index in [1.165, 1.54) is 0 Å². The van der Waals surface area contributed by atoms with Crippen LogP contribution in [0.15, 0.2) is 24.3 Å². The summed E-state index contributed by atoms with van der Waals surface area (Å²) in [5, 5.41) is 16.4. The summed E-state index contributed by atoms with van der Waals surface area (Å²) in [6, 6.07) is 7.07. The summed E-state index contributed by atoms with van der Waals surface area (Å²) in [6.45, 7) is 1.92. The summed E-state index contributed by atoms with van der Waals surface area (Å²) in [6.07, 6.45) is 0.767. The highest BCUT2D eigenvalue weighted by Crippen LogP contribution is 2.21. The maximum absolute atomic E-state index is 10.9. The Labute approximate surface area is 88.3 Å². The molecule has 1 aliphatic heterocycles. The minimum atomic E-state index is -1.13. The van der Waals surface area contributed by atoms with Gasteiger partial charge in [0.25, 0.3) is 0 Å². The first-order valence-electron chi connectivity index (χ1n) is 4.99. The fourth-order valence-electron chi connectivity index (χ4n) is 1.86. The Morgan fingerprint density at radius 2 is 2.13 bits per heavy atom. The van der Waals surface area contributed by atoms with Crippen molar-refractivity contribution in [3.63, 3.8) is 0 Å². The van der Waals surface area contributed by atoms with Crippen LogP contribution in [-0.4, -0.2) is 31.0 Å². The summed E-state index contributed by atoms with van der Waals surface area (Å²) in [7, 11) is 0. The molecule has 1 aliphatic rings. The molecule has 4 heteroatoms. The van der Waals surface area contributed by atoms with Crippen LogP contribution in [0, 0.1) is 0 Å². The van der Waals surface area contributed by atoms with Crippen molar-refractivity contribution >= 4 is 6.29 Å². The van der Waals surface area contributed by atoms with Crippen molar-refractivity contribution in [2.24, 2.45) is 0 Å². The number of hydrogen-bond donors (Lipinski definition) is 3. The van der Waals surface area contributed by atoms with Crippen LogP contribution < -0.4 is 10.6 Å². The highest BCUT2D eigenvalue weighted by atomic mass is 16.3. The second kappa shape index (κ2) is 4.10. The summed E-state index contributed by atoms with van der Waals surface area (Å²) >= 11 is 0. The van der Waals surface area contributed by atoms with Crippen molar-refractivity contribution in [3.8, 4) is 0 Å². The van der Waals surface area contributed by atoms with Gasteiger partial charge >= 0.3 is 0 Å². The van der Waals surface area contributed by atoms with Crippen molar-refractivity contribution in [2.75, 3.05) is 19.6 Å². The highest BCUT2D eigenvalue weighted by Gasteiger charge is 2.32. The first-order valence-corrected chi connectivity index (χ1v) is 4.99. The molecule has 0 aliphatic carbocycles. The van der Waals surface area contributed by atoms with Gasteiger partial charge in [0.2, 0.25) is 0 Å². The van der Waals surface area contributed by atoms with Gasteiger partial charge in [-0.1, -0.05) is 24.3 Å². The van der Waals surface area contributed by atoms with Crippen LogP contribution in [-0.2, 0) is 5.72 Å². The number of aldehydes is 1. The molecule has 4 nitrogen and oxygen atoms in total. The third-order valence-corrected chi connectivity index (χ3v) is 2.63. The summed E-state index contributed by atoms with van der Waals surface area (Å²) in [4.78, 5) is 10.9. The van der Waals surface area contributed by atoms with Crippen molar-refractivity contribution in [1.29, 1.82) is 0 Å². The van der Waals surface area contributed by atoms with Crippen molar-refractivity contribution in [1.82, 2.24) is 10.6 Å². The monoisotopic (exact) mass is 206 g/mol. The molecule has 0 bridgehead atoms. The van der Waals surface area contributed by atoms with Crippen LogP contribution in [0.4, 0.5) is 0 Å². The second-order valence-corrected chi connectivity index (χ2v) is 3.67. The lowest BCUT2D eigenvalue weighted by Crippen LogP contribution is -2.57. The zero-order chi connectivity index (χ0) is 10.7. The van der Waals surface area contributed by atoms with Gasteiger partial charge in [0.15, 0.2) is 5.72 Å². The van der Waals surface area contributed by atoms with Crippen LogP contribution in [0.25, 0.3) is 0 Å². The largest absolute Gasteiger partial charge is 0.370 e. The molecule has 1 saturated heterocycles. The second-order valence-electron chi connectivity index (χ2n) is 3.67. The smallest absolute Gasteiger partial charge is 0.155 e. The van der Waals surface area contributed by atoms with Gasteiger partial charge in [-0.05, 0) is 0 Å². The highest BCUT2D eigenvalue weighted by molar-refractivity contribution is 5.77. The minimum Gasteiger partial charge on any atom is -0.370 e. The molecule has 1 aromatic carbocycles. The fraction of sp³-hybridized carbons (Fsp3) is 0.364. The minimum absolute atomic E-state index is 0.415. The molecule has 0 saturated carbocycles. The topological polar surface area (TPSA) is 61.4 Å². The van der Waals surface area contributed by atoms with Gasteiger partial charge in [0, 0.05) is 30.8 Å². The fourth-order valence-corrected chi connectivity index (χ4v) is 1.86. The van der Waals surface area contributed by atoms with Crippen molar-refractivity contribution < 1.29 is 9.90 Å². The standard InChI is InChI=1S/C11H14N2O2/c14-7-9-3-1-2-4-10(9)11(15)8-12-5-6-13-11/h1-4,7,12-13,15H,5-6,8H2/t11-/m1/s1. The van der Waals surface area contributed by atoms with E-state index >= 15 is 0 Å². The molecule has 2 rings (SSSR count). The van der Waals surface area contributed by atoms with E-state index in [2.05, 4.69) is 10.6 Å². The molecule has 0 radical (unpaired) electrons. The van der Waals surface area contributed by atoms with E-state index in [9.17, 15) is 9.90 Å². The Hall–Kier alpha value is -1.23. The number of aliphatic hydroxyl groups is 1. The van der Waals surface area contributed by atoms with E-state index in [1.54, 1.807) is 18.2 Å². The maximum atomic E-state index is 10.9. The predicted octanol–water partition coefficient (Wildman–Crippen LogP) is -0.163. The van der Waals surface area contributed by atoms with Gasteiger partial charge in [0.05, 0.1) is 0 Å². The molecule has 0 spiro atoms. The molecule has 0 aromatic heterocycles. The number of piperazine rings is 1. The Morgan fingerprint density at radius 3 is 2.80 bits per heavy atom. The Balaban J connectivity index is 2.38. The number of hydrogen-bond acceptors (Lipinski definition) is 4. The third kappa shape index (κ3) is 1.92. The lowest BCUT2D eigenvalue weighted by molar-refractivity contribution is -0.0117. The van der Waals surface area contributed by atoms with Gasteiger partial charge in [-0.25, -0.2) is 0 Å². The van der Waals surface area contributed by atoms with Gasteiger partial charge in [0.1, 0.15) is 6.29 Å². The molecule has 0 amide bonds. The maximum Gasteiger partial charge on any atom is 0.155 e. The first kappa shape index (κ1) is 10.3. The summed E-state index contributed by atoms with van der Waals surface area (Å²) in [5.74, 6) is 0. The quantitative estimate of drug-likeness (QED) is 0.588. The van der Waals surface area contributed by atoms with Gasteiger partial charge in [-0.2, -0.15) is 0 Å².